The molecule has 2 aromatic carbocycles. The second kappa shape index (κ2) is 8.48. The van der Waals surface area contributed by atoms with Crippen molar-refractivity contribution >= 4 is 17.5 Å². The molecule has 0 atom stereocenters. The zero-order valence-electron chi connectivity index (χ0n) is 16.3. The second-order valence-electron chi connectivity index (χ2n) is 7.63. The molecule has 0 saturated carbocycles. The summed E-state index contributed by atoms with van der Waals surface area (Å²) in [6.07, 6.45) is 0. The Bertz CT molecular complexity index is 943. The van der Waals surface area contributed by atoms with Gasteiger partial charge >= 0.3 is 0 Å². The number of aromatic amines is 1. The summed E-state index contributed by atoms with van der Waals surface area (Å²) >= 11 is 6.08. The number of hydrogen-bond acceptors (Lipinski definition) is 3. The van der Waals surface area contributed by atoms with E-state index in [-0.39, 0.29) is 11.3 Å². The number of H-pyrrole nitrogens is 1. The van der Waals surface area contributed by atoms with Crippen LogP contribution in [0.4, 0.5) is 0 Å². The van der Waals surface area contributed by atoms with Gasteiger partial charge in [-0.1, -0.05) is 56.6 Å². The van der Waals surface area contributed by atoms with Crippen LogP contribution in [0.25, 0.3) is 0 Å². The Hall–Kier alpha value is -2.79. The lowest BCUT2D eigenvalue weighted by Gasteiger charge is -2.13. The number of rotatable bonds is 6. The molecular formula is C22H24ClN3O2. The van der Waals surface area contributed by atoms with Crippen LogP contribution < -0.4 is 10.1 Å². The van der Waals surface area contributed by atoms with E-state index < -0.39 is 0 Å². The van der Waals surface area contributed by atoms with E-state index in [1.54, 1.807) is 18.2 Å². The van der Waals surface area contributed by atoms with Crippen LogP contribution >= 0.6 is 11.6 Å². The molecular weight excluding hydrogens is 374 g/mol. The van der Waals surface area contributed by atoms with Crippen molar-refractivity contribution in [2.75, 3.05) is 0 Å². The van der Waals surface area contributed by atoms with E-state index in [1.165, 1.54) is 0 Å². The highest BCUT2D eigenvalue weighted by molar-refractivity contribution is 6.32. The number of nitrogens with one attached hydrogen (secondary N) is 2. The van der Waals surface area contributed by atoms with E-state index in [4.69, 9.17) is 16.3 Å². The molecule has 0 bridgehead atoms. The fourth-order valence-electron chi connectivity index (χ4n) is 2.59. The number of aromatic nitrogens is 2. The van der Waals surface area contributed by atoms with Gasteiger partial charge in [0.2, 0.25) is 0 Å². The summed E-state index contributed by atoms with van der Waals surface area (Å²) in [4.78, 5) is 12.4. The Kier molecular flexibility index (Phi) is 6.05. The van der Waals surface area contributed by atoms with E-state index in [0.29, 0.717) is 29.5 Å². The first kappa shape index (κ1) is 20.0. The van der Waals surface area contributed by atoms with Gasteiger partial charge in [-0.3, -0.25) is 9.89 Å². The van der Waals surface area contributed by atoms with E-state index in [1.807, 2.05) is 36.4 Å². The van der Waals surface area contributed by atoms with Gasteiger partial charge in [0.05, 0.1) is 23.0 Å². The summed E-state index contributed by atoms with van der Waals surface area (Å²) in [7, 11) is 0. The molecule has 0 aliphatic rings. The highest BCUT2D eigenvalue weighted by Gasteiger charge is 2.17. The van der Waals surface area contributed by atoms with Crippen molar-refractivity contribution in [2.24, 2.45) is 0 Å². The van der Waals surface area contributed by atoms with Crippen LogP contribution in [0.2, 0.25) is 5.02 Å². The van der Waals surface area contributed by atoms with Crippen LogP contribution in [-0.4, -0.2) is 16.1 Å². The number of benzene rings is 2. The first-order valence-corrected chi connectivity index (χ1v) is 9.50. The van der Waals surface area contributed by atoms with E-state index in [2.05, 4.69) is 36.3 Å². The lowest BCUT2D eigenvalue weighted by molar-refractivity contribution is 0.0950. The summed E-state index contributed by atoms with van der Waals surface area (Å²) in [6, 6.07) is 16.6. The molecule has 0 aliphatic carbocycles. The van der Waals surface area contributed by atoms with Gasteiger partial charge in [-0.2, -0.15) is 5.10 Å². The molecule has 6 heteroatoms. The maximum atomic E-state index is 12.4. The van der Waals surface area contributed by atoms with Crippen LogP contribution in [0.5, 0.6) is 5.75 Å². The summed E-state index contributed by atoms with van der Waals surface area (Å²) in [6.45, 7) is 7.09. The van der Waals surface area contributed by atoms with Crippen molar-refractivity contribution in [1.29, 1.82) is 0 Å². The van der Waals surface area contributed by atoms with E-state index >= 15 is 0 Å². The molecule has 28 heavy (non-hydrogen) atoms. The van der Waals surface area contributed by atoms with Crippen molar-refractivity contribution in [3.05, 3.63) is 82.1 Å². The predicted molar refractivity (Wildman–Crippen MR) is 111 cm³/mol. The zero-order valence-corrected chi connectivity index (χ0v) is 17.0. The lowest BCUT2D eigenvalue weighted by Crippen LogP contribution is -2.23. The highest BCUT2D eigenvalue weighted by atomic mass is 35.5. The molecule has 1 heterocycles. The minimum absolute atomic E-state index is 0.0271. The van der Waals surface area contributed by atoms with E-state index in [0.717, 1.165) is 17.0 Å². The van der Waals surface area contributed by atoms with Crippen LogP contribution in [-0.2, 0) is 18.6 Å². The van der Waals surface area contributed by atoms with Gasteiger partial charge in [0.15, 0.2) is 0 Å². The van der Waals surface area contributed by atoms with Gasteiger partial charge in [0, 0.05) is 11.0 Å². The largest absolute Gasteiger partial charge is 0.487 e. The fourth-order valence-corrected chi connectivity index (χ4v) is 2.78. The SMILES string of the molecule is CC(C)(C)c1cc(CNC(=O)c2ccc(COc3ccccc3Cl)cc2)[nH]n1. The highest BCUT2D eigenvalue weighted by Crippen LogP contribution is 2.24. The Balaban J connectivity index is 1.53. The smallest absolute Gasteiger partial charge is 0.251 e. The normalized spacial score (nSPS) is 11.3. The first-order valence-electron chi connectivity index (χ1n) is 9.12. The van der Waals surface area contributed by atoms with Gasteiger partial charge in [-0.15, -0.1) is 0 Å². The van der Waals surface area contributed by atoms with Gasteiger partial charge in [-0.25, -0.2) is 0 Å². The molecule has 0 radical (unpaired) electrons. The monoisotopic (exact) mass is 397 g/mol. The molecule has 0 fully saturated rings. The van der Waals surface area contributed by atoms with Gasteiger partial charge in [0.25, 0.3) is 5.91 Å². The van der Waals surface area contributed by atoms with Crippen LogP contribution in [0, 0.1) is 0 Å². The van der Waals surface area contributed by atoms with Gasteiger partial charge in [-0.05, 0) is 35.9 Å². The number of amides is 1. The van der Waals surface area contributed by atoms with Crippen molar-refractivity contribution in [3.63, 3.8) is 0 Å². The number of carbonyl (C=O) groups excluding carboxylic acids is 1. The molecule has 2 N–H and O–H groups in total. The Morgan fingerprint density at radius 3 is 2.50 bits per heavy atom. The number of ether oxygens (including phenoxy) is 1. The van der Waals surface area contributed by atoms with Crippen molar-refractivity contribution in [3.8, 4) is 5.75 Å². The topological polar surface area (TPSA) is 67.0 Å². The van der Waals surface area contributed by atoms with E-state index in [9.17, 15) is 4.79 Å². The number of para-hydroxylation sites is 1. The van der Waals surface area contributed by atoms with Crippen molar-refractivity contribution < 1.29 is 9.53 Å². The third-order valence-corrected chi connectivity index (χ3v) is 4.60. The first-order chi connectivity index (χ1) is 13.3. The van der Waals surface area contributed by atoms with Gasteiger partial charge in [0.1, 0.15) is 12.4 Å². The molecule has 3 aromatic rings. The number of hydrogen-bond donors (Lipinski definition) is 2. The maximum absolute atomic E-state index is 12.4. The Morgan fingerprint density at radius 1 is 1.14 bits per heavy atom. The minimum Gasteiger partial charge on any atom is -0.487 e. The molecule has 0 saturated heterocycles. The Labute approximate surface area is 170 Å². The standard InChI is InChI=1S/C22H24ClN3O2/c1-22(2,3)20-12-17(25-26-20)13-24-21(27)16-10-8-15(9-11-16)14-28-19-7-5-4-6-18(19)23/h4-12H,13-14H2,1-3H3,(H,24,27)(H,25,26). The van der Waals surface area contributed by atoms with Crippen LogP contribution in [0.15, 0.2) is 54.6 Å². The third-order valence-electron chi connectivity index (χ3n) is 4.29. The number of halogens is 1. The summed E-state index contributed by atoms with van der Waals surface area (Å²) < 4.78 is 5.71. The summed E-state index contributed by atoms with van der Waals surface area (Å²) in [5.41, 5.74) is 3.38. The predicted octanol–water partition coefficient (Wildman–Crippen LogP) is 4.87. The molecule has 0 aliphatic heterocycles. The summed E-state index contributed by atoms with van der Waals surface area (Å²) in [5.74, 6) is 0.505. The van der Waals surface area contributed by atoms with Crippen LogP contribution in [0.3, 0.4) is 0 Å². The molecule has 3 rings (SSSR count). The van der Waals surface area contributed by atoms with Gasteiger partial charge < -0.3 is 10.1 Å². The number of carbonyl (C=O) groups is 1. The van der Waals surface area contributed by atoms with Crippen LogP contribution in [0.1, 0.15) is 48.1 Å². The number of nitrogens with zero attached hydrogens (tertiary/aromatic N) is 1. The molecule has 0 unspecified atom stereocenters. The fraction of sp³-hybridized carbons (Fsp3) is 0.273. The second-order valence-corrected chi connectivity index (χ2v) is 8.03. The van der Waals surface area contributed by atoms with Crippen molar-refractivity contribution in [1.82, 2.24) is 15.5 Å². The minimum atomic E-state index is -0.134. The third kappa shape index (κ3) is 5.14. The molecule has 0 spiro atoms. The summed E-state index contributed by atoms with van der Waals surface area (Å²) in [5, 5.41) is 10.8. The Morgan fingerprint density at radius 2 is 1.86 bits per heavy atom. The molecule has 1 amide bonds. The quantitative estimate of drug-likeness (QED) is 0.623. The average molecular weight is 398 g/mol. The molecule has 1 aromatic heterocycles. The zero-order chi connectivity index (χ0) is 20.1. The maximum Gasteiger partial charge on any atom is 0.251 e. The molecule has 5 nitrogen and oxygen atoms in total. The average Bonchev–Trinajstić information content (AvgIpc) is 3.15. The van der Waals surface area contributed by atoms with Crippen molar-refractivity contribution in [2.45, 2.75) is 39.3 Å². The molecule has 146 valence electrons. The lowest BCUT2D eigenvalue weighted by atomic mass is 9.92.